The summed E-state index contributed by atoms with van der Waals surface area (Å²) in [6.07, 6.45) is 7.41. The molecule has 2 fully saturated rings. The number of guanidine groups is 1. The van der Waals surface area contributed by atoms with Crippen LogP contribution in [-0.4, -0.2) is 60.5 Å². The zero-order valence-corrected chi connectivity index (χ0v) is 18.0. The smallest absolute Gasteiger partial charge is 0.194 e. The maximum Gasteiger partial charge on any atom is 0.194 e. The number of rotatable bonds is 4. The van der Waals surface area contributed by atoms with Crippen LogP contribution in [0.2, 0.25) is 0 Å². The molecule has 0 aliphatic carbocycles. The lowest BCUT2D eigenvalue weighted by atomic mass is 10.1. The summed E-state index contributed by atoms with van der Waals surface area (Å²) >= 11 is 1.75. The van der Waals surface area contributed by atoms with Crippen LogP contribution in [0.4, 0.5) is 0 Å². The fourth-order valence-corrected chi connectivity index (χ4v) is 4.38. The maximum atomic E-state index is 4.47. The third-order valence-corrected chi connectivity index (χ3v) is 5.74. The molecule has 1 aromatic rings. The van der Waals surface area contributed by atoms with Crippen LogP contribution in [0.1, 0.15) is 35.6 Å². The predicted molar refractivity (Wildman–Crippen MR) is 112 cm³/mol. The van der Waals surface area contributed by atoms with E-state index in [9.17, 15) is 0 Å². The van der Waals surface area contributed by atoms with E-state index < -0.39 is 0 Å². The molecule has 3 rings (SSSR count). The van der Waals surface area contributed by atoms with Crippen LogP contribution in [0, 0.1) is 12.8 Å². The maximum absolute atomic E-state index is 4.47. The topological polar surface area (TPSA) is 43.8 Å². The minimum Gasteiger partial charge on any atom is -0.350 e. The molecule has 1 aromatic heterocycles. The van der Waals surface area contributed by atoms with Crippen LogP contribution >= 0.6 is 35.3 Å². The molecule has 0 radical (unpaired) electrons. The van der Waals surface area contributed by atoms with Gasteiger partial charge in [0.1, 0.15) is 5.01 Å². The molecule has 136 valence electrons. The lowest BCUT2D eigenvalue weighted by Gasteiger charge is -2.29. The Labute approximate surface area is 166 Å². The van der Waals surface area contributed by atoms with Crippen molar-refractivity contribution in [2.45, 2.75) is 39.2 Å². The van der Waals surface area contributed by atoms with Crippen molar-refractivity contribution in [3.8, 4) is 0 Å². The van der Waals surface area contributed by atoms with Crippen LogP contribution in [-0.2, 0) is 6.54 Å². The molecule has 0 amide bonds. The first-order valence-corrected chi connectivity index (χ1v) is 9.65. The number of piperidine rings is 1. The molecule has 0 bridgehead atoms. The van der Waals surface area contributed by atoms with Gasteiger partial charge >= 0.3 is 0 Å². The van der Waals surface area contributed by atoms with E-state index in [0.717, 1.165) is 36.5 Å². The number of hydrogen-bond acceptors (Lipinski definition) is 4. The first kappa shape index (κ1) is 19.9. The van der Waals surface area contributed by atoms with Crippen molar-refractivity contribution in [2.75, 3.05) is 39.8 Å². The minimum atomic E-state index is 0. The van der Waals surface area contributed by atoms with E-state index in [1.54, 1.807) is 11.3 Å². The summed E-state index contributed by atoms with van der Waals surface area (Å²) in [4.78, 5) is 15.2. The van der Waals surface area contributed by atoms with Gasteiger partial charge in [-0.15, -0.1) is 35.3 Å². The number of aryl methyl sites for hydroxylation is 1. The molecule has 0 saturated carbocycles. The lowest BCUT2D eigenvalue weighted by Crippen LogP contribution is -2.41. The SMILES string of the molecule is CN=C(NCc1ncc(C)s1)N1CCC(CN2CCCCC2)C1.I. The highest BCUT2D eigenvalue weighted by atomic mass is 127. The van der Waals surface area contributed by atoms with Gasteiger partial charge in [-0.1, -0.05) is 6.42 Å². The van der Waals surface area contributed by atoms with Gasteiger partial charge in [-0.3, -0.25) is 4.99 Å². The molecule has 2 saturated heterocycles. The molecule has 0 aromatic carbocycles. The van der Waals surface area contributed by atoms with E-state index in [0.29, 0.717) is 0 Å². The molecule has 1 N–H and O–H groups in total. The van der Waals surface area contributed by atoms with Gasteiger partial charge in [0, 0.05) is 37.8 Å². The molecule has 1 unspecified atom stereocenters. The highest BCUT2D eigenvalue weighted by Crippen LogP contribution is 2.20. The number of aliphatic imine (C=N–C) groups is 1. The van der Waals surface area contributed by atoms with Gasteiger partial charge in [0.15, 0.2) is 5.96 Å². The van der Waals surface area contributed by atoms with Gasteiger partial charge in [0.25, 0.3) is 0 Å². The number of likely N-dealkylation sites (tertiary alicyclic amines) is 2. The standard InChI is InChI=1S/C17H29N5S.HI/c1-14-10-19-16(23-14)11-20-17(18-2)22-9-6-15(13-22)12-21-7-4-3-5-8-21;/h10,15H,3-9,11-13H2,1-2H3,(H,18,20);1H. The second-order valence-corrected chi connectivity index (χ2v) is 8.05. The summed E-state index contributed by atoms with van der Waals surface area (Å²) in [5.74, 6) is 1.81. The van der Waals surface area contributed by atoms with E-state index in [-0.39, 0.29) is 24.0 Å². The molecule has 3 heterocycles. The number of thiazole rings is 1. The Kier molecular flexibility index (Phi) is 8.22. The van der Waals surface area contributed by atoms with Gasteiger partial charge in [0.2, 0.25) is 0 Å². The van der Waals surface area contributed by atoms with Crippen LogP contribution in [0.5, 0.6) is 0 Å². The Balaban J connectivity index is 0.00000208. The van der Waals surface area contributed by atoms with E-state index in [1.807, 2.05) is 13.2 Å². The van der Waals surface area contributed by atoms with Crippen LogP contribution < -0.4 is 5.32 Å². The molecular weight excluding hydrogens is 433 g/mol. The molecule has 7 heteroatoms. The van der Waals surface area contributed by atoms with Crippen molar-refractivity contribution in [1.29, 1.82) is 0 Å². The third kappa shape index (κ3) is 5.56. The quantitative estimate of drug-likeness (QED) is 0.424. The lowest BCUT2D eigenvalue weighted by molar-refractivity contribution is 0.198. The van der Waals surface area contributed by atoms with E-state index >= 15 is 0 Å². The Morgan fingerprint density at radius 2 is 2.12 bits per heavy atom. The first-order valence-electron chi connectivity index (χ1n) is 8.84. The van der Waals surface area contributed by atoms with Gasteiger partial charge in [-0.25, -0.2) is 4.98 Å². The number of nitrogens with zero attached hydrogens (tertiary/aromatic N) is 4. The second kappa shape index (κ2) is 9.91. The van der Waals surface area contributed by atoms with Gasteiger partial charge < -0.3 is 15.1 Å². The van der Waals surface area contributed by atoms with E-state index in [2.05, 4.69) is 32.0 Å². The molecule has 0 spiro atoms. The number of halogens is 1. The fourth-order valence-electron chi connectivity index (χ4n) is 3.65. The minimum absolute atomic E-state index is 0. The van der Waals surface area contributed by atoms with Crippen molar-refractivity contribution in [3.05, 3.63) is 16.1 Å². The van der Waals surface area contributed by atoms with Gasteiger partial charge in [-0.2, -0.15) is 0 Å². The van der Waals surface area contributed by atoms with Gasteiger partial charge in [-0.05, 0) is 45.2 Å². The first-order chi connectivity index (χ1) is 11.2. The molecule has 1 atom stereocenters. The van der Waals surface area contributed by atoms with E-state index in [4.69, 9.17) is 0 Å². The molecule has 2 aliphatic heterocycles. The molecule has 2 aliphatic rings. The number of hydrogen-bond donors (Lipinski definition) is 1. The van der Waals surface area contributed by atoms with Crippen molar-refractivity contribution >= 4 is 41.3 Å². The molecular formula is C17H30IN5S. The Bertz CT molecular complexity index is 527. The van der Waals surface area contributed by atoms with Crippen molar-refractivity contribution < 1.29 is 0 Å². The average Bonchev–Trinajstić information content (AvgIpc) is 3.19. The summed E-state index contributed by atoms with van der Waals surface area (Å²) < 4.78 is 0. The van der Waals surface area contributed by atoms with Crippen molar-refractivity contribution in [1.82, 2.24) is 20.1 Å². The largest absolute Gasteiger partial charge is 0.350 e. The normalized spacial score (nSPS) is 22.5. The second-order valence-electron chi connectivity index (χ2n) is 6.73. The molecule has 5 nitrogen and oxygen atoms in total. The van der Waals surface area contributed by atoms with Crippen molar-refractivity contribution in [2.24, 2.45) is 10.9 Å². The van der Waals surface area contributed by atoms with Crippen LogP contribution in [0.15, 0.2) is 11.2 Å². The zero-order chi connectivity index (χ0) is 16.1. The van der Waals surface area contributed by atoms with Crippen molar-refractivity contribution in [3.63, 3.8) is 0 Å². The summed E-state index contributed by atoms with van der Waals surface area (Å²) in [6.45, 7) is 8.99. The molecule has 24 heavy (non-hydrogen) atoms. The highest BCUT2D eigenvalue weighted by molar-refractivity contribution is 14.0. The Hall–Kier alpha value is -0.410. The van der Waals surface area contributed by atoms with Crippen LogP contribution in [0.3, 0.4) is 0 Å². The van der Waals surface area contributed by atoms with Gasteiger partial charge in [0.05, 0.1) is 6.54 Å². The summed E-state index contributed by atoms with van der Waals surface area (Å²) in [7, 11) is 1.88. The summed E-state index contributed by atoms with van der Waals surface area (Å²) in [6, 6.07) is 0. The monoisotopic (exact) mass is 463 g/mol. The highest BCUT2D eigenvalue weighted by Gasteiger charge is 2.26. The fraction of sp³-hybridized carbons (Fsp3) is 0.765. The zero-order valence-electron chi connectivity index (χ0n) is 14.8. The third-order valence-electron chi connectivity index (χ3n) is 4.83. The number of nitrogens with one attached hydrogen (secondary N) is 1. The predicted octanol–water partition coefficient (Wildman–Crippen LogP) is 2.95. The van der Waals surface area contributed by atoms with E-state index in [1.165, 1.54) is 50.2 Å². The van der Waals surface area contributed by atoms with Crippen LogP contribution in [0.25, 0.3) is 0 Å². The average molecular weight is 463 g/mol. The Morgan fingerprint density at radius 3 is 2.79 bits per heavy atom. The summed E-state index contributed by atoms with van der Waals surface area (Å²) in [5.41, 5.74) is 0. The Morgan fingerprint density at radius 1 is 1.33 bits per heavy atom. The number of aromatic nitrogens is 1. The summed E-state index contributed by atoms with van der Waals surface area (Å²) in [5, 5.41) is 4.61.